The molecule has 0 aliphatic carbocycles. The van der Waals surface area contributed by atoms with Crippen molar-refractivity contribution in [1.29, 1.82) is 0 Å². The molecule has 24 heavy (non-hydrogen) atoms. The molecule has 0 bridgehead atoms. The molecule has 1 atom stereocenters. The van der Waals surface area contributed by atoms with Crippen molar-refractivity contribution in [2.45, 2.75) is 39.2 Å². The van der Waals surface area contributed by atoms with Gasteiger partial charge in [-0.05, 0) is 25.3 Å². The molecular formula is C16H22N4O3S. The summed E-state index contributed by atoms with van der Waals surface area (Å²) in [5.41, 5.74) is 2.73. The molecular weight excluding hydrogens is 328 g/mol. The summed E-state index contributed by atoms with van der Waals surface area (Å²) in [5, 5.41) is 7.95. The van der Waals surface area contributed by atoms with Crippen molar-refractivity contribution in [3.05, 3.63) is 23.0 Å². The molecule has 1 unspecified atom stereocenters. The Morgan fingerprint density at radius 1 is 1.42 bits per heavy atom. The molecule has 1 fully saturated rings. The third-order valence-corrected chi connectivity index (χ3v) is 6.16. The molecule has 0 aromatic carbocycles. The summed E-state index contributed by atoms with van der Waals surface area (Å²) in [5.74, 6) is 0.0496. The number of carbonyl (C=O) groups excluding carboxylic acids is 1. The standard InChI is InChI=1S/C16H22N4O3S/c1-9(2)13-7-12(14-10(3)19-20(4)15(14)18-13)16(21)17-11-5-6-24(22,23)8-11/h7,9,11H,5-6,8H2,1-4H3,(H,17,21). The molecule has 8 heteroatoms. The van der Waals surface area contributed by atoms with Gasteiger partial charge in [0.05, 0.1) is 28.1 Å². The maximum Gasteiger partial charge on any atom is 0.252 e. The van der Waals surface area contributed by atoms with Gasteiger partial charge in [-0.2, -0.15) is 5.10 Å². The van der Waals surface area contributed by atoms with Crippen LogP contribution in [0.4, 0.5) is 0 Å². The first-order valence-electron chi connectivity index (χ1n) is 8.03. The first-order valence-corrected chi connectivity index (χ1v) is 9.85. The van der Waals surface area contributed by atoms with Crippen molar-refractivity contribution in [2.75, 3.05) is 11.5 Å². The number of hydrogen-bond donors (Lipinski definition) is 1. The highest BCUT2D eigenvalue weighted by molar-refractivity contribution is 7.91. The molecule has 1 saturated heterocycles. The fourth-order valence-electron chi connectivity index (χ4n) is 3.11. The fraction of sp³-hybridized carbons (Fsp3) is 0.562. The van der Waals surface area contributed by atoms with Crippen LogP contribution in [0.5, 0.6) is 0 Å². The maximum atomic E-state index is 12.8. The summed E-state index contributed by atoms with van der Waals surface area (Å²) < 4.78 is 24.9. The molecule has 130 valence electrons. The minimum absolute atomic E-state index is 0.00995. The van der Waals surface area contributed by atoms with Gasteiger partial charge in [-0.15, -0.1) is 0 Å². The molecule has 1 amide bonds. The normalized spacial score (nSPS) is 20.0. The molecule has 0 spiro atoms. The summed E-state index contributed by atoms with van der Waals surface area (Å²) in [6.45, 7) is 5.88. The van der Waals surface area contributed by atoms with Crippen LogP contribution in [0, 0.1) is 6.92 Å². The van der Waals surface area contributed by atoms with Crippen molar-refractivity contribution in [3.8, 4) is 0 Å². The number of aryl methyl sites for hydroxylation is 2. The zero-order chi connectivity index (χ0) is 17.6. The van der Waals surface area contributed by atoms with Crippen molar-refractivity contribution in [3.63, 3.8) is 0 Å². The van der Waals surface area contributed by atoms with Gasteiger partial charge in [0.15, 0.2) is 15.5 Å². The average molecular weight is 350 g/mol. The Labute approximate surface area is 141 Å². The first-order chi connectivity index (χ1) is 11.2. The van der Waals surface area contributed by atoms with Gasteiger partial charge in [0.25, 0.3) is 5.91 Å². The molecule has 1 N–H and O–H groups in total. The second kappa shape index (κ2) is 5.84. The van der Waals surface area contributed by atoms with Gasteiger partial charge in [0.1, 0.15) is 0 Å². The lowest BCUT2D eigenvalue weighted by atomic mass is 10.0. The summed E-state index contributed by atoms with van der Waals surface area (Å²) in [6, 6.07) is 1.46. The van der Waals surface area contributed by atoms with Crippen molar-refractivity contribution < 1.29 is 13.2 Å². The number of amides is 1. The predicted molar refractivity (Wildman–Crippen MR) is 91.9 cm³/mol. The number of hydrogen-bond acceptors (Lipinski definition) is 5. The molecule has 3 heterocycles. The number of pyridine rings is 1. The molecule has 1 aliphatic heterocycles. The van der Waals surface area contributed by atoms with E-state index in [1.807, 2.05) is 20.8 Å². The third-order valence-electron chi connectivity index (χ3n) is 4.39. The number of fused-ring (bicyclic) bond motifs is 1. The number of carbonyl (C=O) groups is 1. The largest absolute Gasteiger partial charge is 0.348 e. The molecule has 0 saturated carbocycles. The molecule has 1 aliphatic rings. The van der Waals surface area contributed by atoms with Gasteiger partial charge in [-0.3, -0.25) is 9.48 Å². The summed E-state index contributed by atoms with van der Waals surface area (Å²) >= 11 is 0. The Balaban J connectivity index is 2.02. The van der Waals surface area contributed by atoms with E-state index in [9.17, 15) is 13.2 Å². The lowest BCUT2D eigenvalue weighted by molar-refractivity contribution is 0.0942. The van der Waals surface area contributed by atoms with Crippen molar-refractivity contribution >= 4 is 26.8 Å². The maximum absolute atomic E-state index is 12.8. The van der Waals surface area contributed by atoms with E-state index in [2.05, 4.69) is 15.4 Å². The molecule has 0 radical (unpaired) electrons. The van der Waals surface area contributed by atoms with E-state index in [0.717, 1.165) is 16.8 Å². The van der Waals surface area contributed by atoms with E-state index in [1.165, 1.54) is 0 Å². The highest BCUT2D eigenvalue weighted by Gasteiger charge is 2.30. The van der Waals surface area contributed by atoms with Crippen LogP contribution in [-0.4, -0.2) is 46.6 Å². The number of nitrogens with one attached hydrogen (secondary N) is 1. The first kappa shape index (κ1) is 16.9. The van der Waals surface area contributed by atoms with Crippen molar-refractivity contribution in [2.24, 2.45) is 7.05 Å². The van der Waals surface area contributed by atoms with E-state index in [1.54, 1.807) is 17.8 Å². The quantitative estimate of drug-likeness (QED) is 0.901. The van der Waals surface area contributed by atoms with Gasteiger partial charge in [-0.1, -0.05) is 13.8 Å². The zero-order valence-corrected chi connectivity index (χ0v) is 15.1. The zero-order valence-electron chi connectivity index (χ0n) is 14.3. The number of rotatable bonds is 3. The minimum Gasteiger partial charge on any atom is -0.348 e. The molecule has 3 rings (SSSR count). The van der Waals surface area contributed by atoms with Gasteiger partial charge < -0.3 is 5.32 Å². The van der Waals surface area contributed by atoms with Crippen LogP contribution in [0.25, 0.3) is 11.0 Å². The number of sulfone groups is 1. The van der Waals surface area contributed by atoms with Crippen LogP contribution < -0.4 is 5.32 Å². The Morgan fingerprint density at radius 3 is 2.71 bits per heavy atom. The topological polar surface area (TPSA) is 93.9 Å². The van der Waals surface area contributed by atoms with E-state index >= 15 is 0 Å². The highest BCUT2D eigenvalue weighted by Crippen LogP contribution is 2.25. The molecule has 7 nitrogen and oxygen atoms in total. The smallest absolute Gasteiger partial charge is 0.252 e. The summed E-state index contributed by atoms with van der Waals surface area (Å²) in [7, 11) is -1.23. The SMILES string of the molecule is Cc1nn(C)c2nc(C(C)C)cc(C(=O)NC3CCS(=O)(=O)C3)c12. The second-order valence-corrected chi connectivity index (χ2v) is 8.96. The second-order valence-electron chi connectivity index (χ2n) is 6.73. The number of nitrogens with zero attached hydrogens (tertiary/aromatic N) is 3. The van der Waals surface area contributed by atoms with E-state index in [0.29, 0.717) is 17.6 Å². The third kappa shape index (κ3) is 3.02. The van der Waals surface area contributed by atoms with E-state index in [-0.39, 0.29) is 29.4 Å². The minimum atomic E-state index is -3.03. The van der Waals surface area contributed by atoms with Gasteiger partial charge in [-0.25, -0.2) is 13.4 Å². The lowest BCUT2D eigenvalue weighted by Crippen LogP contribution is -2.35. The van der Waals surface area contributed by atoms with Crippen LogP contribution >= 0.6 is 0 Å². The number of aromatic nitrogens is 3. The van der Waals surface area contributed by atoms with Gasteiger partial charge in [0.2, 0.25) is 0 Å². The average Bonchev–Trinajstić information content (AvgIpc) is 2.97. The Hall–Kier alpha value is -1.96. The summed E-state index contributed by atoms with van der Waals surface area (Å²) in [4.78, 5) is 17.4. The van der Waals surface area contributed by atoms with E-state index < -0.39 is 9.84 Å². The fourth-order valence-corrected chi connectivity index (χ4v) is 4.78. The van der Waals surface area contributed by atoms with Crippen LogP contribution in [0.15, 0.2) is 6.07 Å². The van der Waals surface area contributed by atoms with Crippen LogP contribution in [0.1, 0.15) is 47.9 Å². The van der Waals surface area contributed by atoms with E-state index in [4.69, 9.17) is 0 Å². The Morgan fingerprint density at radius 2 is 2.12 bits per heavy atom. The molecule has 2 aromatic heterocycles. The highest BCUT2D eigenvalue weighted by atomic mass is 32.2. The van der Waals surface area contributed by atoms with Crippen LogP contribution in [0.3, 0.4) is 0 Å². The summed E-state index contributed by atoms with van der Waals surface area (Å²) in [6.07, 6.45) is 0.464. The van der Waals surface area contributed by atoms with Crippen LogP contribution in [-0.2, 0) is 16.9 Å². The van der Waals surface area contributed by atoms with Crippen molar-refractivity contribution in [1.82, 2.24) is 20.1 Å². The van der Waals surface area contributed by atoms with Crippen LogP contribution in [0.2, 0.25) is 0 Å². The lowest BCUT2D eigenvalue weighted by Gasteiger charge is -2.13. The van der Waals surface area contributed by atoms with Gasteiger partial charge in [0, 0.05) is 18.8 Å². The van der Waals surface area contributed by atoms with Gasteiger partial charge >= 0.3 is 0 Å². The predicted octanol–water partition coefficient (Wildman–Crippen LogP) is 1.32. The monoisotopic (exact) mass is 350 g/mol. The Bertz CT molecular complexity index is 915. The Kier molecular flexibility index (Phi) is 4.11. The molecule has 2 aromatic rings.